The van der Waals surface area contributed by atoms with Gasteiger partial charge in [-0.15, -0.1) is 0 Å². The average Bonchev–Trinajstić information content (AvgIpc) is 2.83. The zero-order valence-electron chi connectivity index (χ0n) is 12.3. The van der Waals surface area contributed by atoms with Gasteiger partial charge < -0.3 is 15.2 Å². The lowest BCUT2D eigenvalue weighted by atomic mass is 10.1. The Morgan fingerprint density at radius 1 is 1.36 bits per heavy atom. The smallest absolute Gasteiger partial charge is 0.226 e. The number of nitrogens with zero attached hydrogens (tertiary/aromatic N) is 1. The Labute approximate surface area is 126 Å². The molecule has 1 aromatic carbocycles. The minimum atomic E-state index is -0.615. The fourth-order valence-electron chi connectivity index (χ4n) is 2.00. The first kappa shape index (κ1) is 16.1. The summed E-state index contributed by atoms with van der Waals surface area (Å²) in [6.45, 7) is 3.82. The molecule has 1 amide bonds. The molecule has 0 aliphatic heterocycles. The highest BCUT2D eigenvalue weighted by molar-refractivity contribution is 5.89. The van der Waals surface area contributed by atoms with Crippen molar-refractivity contribution in [2.45, 2.75) is 26.3 Å². The molecular formula is C15H17F2N3O2. The van der Waals surface area contributed by atoms with Gasteiger partial charge in [-0.25, -0.2) is 8.78 Å². The van der Waals surface area contributed by atoms with Gasteiger partial charge in [0.1, 0.15) is 17.4 Å². The molecule has 0 aliphatic carbocycles. The first-order chi connectivity index (χ1) is 10.5. The molecule has 2 rings (SSSR count). The molecule has 1 aromatic heterocycles. The van der Waals surface area contributed by atoms with Crippen molar-refractivity contribution in [3.05, 3.63) is 47.2 Å². The third kappa shape index (κ3) is 4.36. The van der Waals surface area contributed by atoms with Crippen LogP contribution in [0.5, 0.6) is 0 Å². The highest BCUT2D eigenvalue weighted by Crippen LogP contribution is 2.17. The molecule has 2 aromatic rings. The third-order valence-corrected chi connectivity index (χ3v) is 3.13. The average molecular weight is 309 g/mol. The Balaban J connectivity index is 1.79. The van der Waals surface area contributed by atoms with E-state index in [4.69, 9.17) is 4.52 Å². The Morgan fingerprint density at radius 2 is 2.14 bits per heavy atom. The van der Waals surface area contributed by atoms with Gasteiger partial charge in [-0.1, -0.05) is 11.2 Å². The van der Waals surface area contributed by atoms with Crippen molar-refractivity contribution in [2.75, 3.05) is 11.9 Å². The predicted molar refractivity (Wildman–Crippen MR) is 77.3 cm³/mol. The van der Waals surface area contributed by atoms with Crippen LogP contribution in [0.2, 0.25) is 0 Å². The molecule has 0 saturated carbocycles. The zero-order chi connectivity index (χ0) is 16.1. The number of carbonyl (C=O) groups excluding carboxylic acids is 1. The predicted octanol–water partition coefficient (Wildman–Crippen LogP) is 2.94. The molecule has 0 radical (unpaired) electrons. The van der Waals surface area contributed by atoms with Crippen molar-refractivity contribution in [2.24, 2.45) is 0 Å². The van der Waals surface area contributed by atoms with E-state index in [1.807, 2.05) is 0 Å². The first-order valence-electron chi connectivity index (χ1n) is 6.87. The van der Waals surface area contributed by atoms with Crippen LogP contribution in [-0.2, 0) is 4.79 Å². The number of benzene rings is 1. The summed E-state index contributed by atoms with van der Waals surface area (Å²) in [7, 11) is 0. The molecule has 2 N–H and O–H groups in total. The van der Waals surface area contributed by atoms with E-state index >= 15 is 0 Å². The SMILES string of the molecule is Cc1cc(NC(=O)CCN[C@H](C)c2ccc(F)cc2F)no1. The van der Waals surface area contributed by atoms with Gasteiger partial charge in [-0.05, 0) is 19.9 Å². The van der Waals surface area contributed by atoms with E-state index in [0.29, 0.717) is 23.7 Å². The normalized spacial score (nSPS) is 12.2. The maximum atomic E-state index is 13.6. The van der Waals surface area contributed by atoms with E-state index < -0.39 is 11.6 Å². The minimum absolute atomic E-state index is 0.194. The number of aryl methyl sites for hydroxylation is 1. The number of anilines is 1. The van der Waals surface area contributed by atoms with Crippen LogP contribution in [0.25, 0.3) is 0 Å². The van der Waals surface area contributed by atoms with E-state index in [1.165, 1.54) is 12.1 Å². The van der Waals surface area contributed by atoms with E-state index in [2.05, 4.69) is 15.8 Å². The number of nitrogens with one attached hydrogen (secondary N) is 2. The molecule has 22 heavy (non-hydrogen) atoms. The number of hydrogen-bond donors (Lipinski definition) is 2. The van der Waals surface area contributed by atoms with E-state index in [0.717, 1.165) is 6.07 Å². The van der Waals surface area contributed by atoms with Crippen LogP contribution in [0.4, 0.5) is 14.6 Å². The largest absolute Gasteiger partial charge is 0.360 e. The summed E-state index contributed by atoms with van der Waals surface area (Å²) in [5.41, 5.74) is 0.355. The summed E-state index contributed by atoms with van der Waals surface area (Å²) in [5, 5.41) is 9.26. The van der Waals surface area contributed by atoms with Gasteiger partial charge >= 0.3 is 0 Å². The second-order valence-corrected chi connectivity index (χ2v) is 4.96. The summed E-state index contributed by atoms with van der Waals surface area (Å²) in [6.07, 6.45) is 0.194. The summed E-state index contributed by atoms with van der Waals surface area (Å²) in [4.78, 5) is 11.7. The lowest BCUT2D eigenvalue weighted by Crippen LogP contribution is -2.25. The van der Waals surface area contributed by atoms with Gasteiger partial charge in [0.15, 0.2) is 5.82 Å². The standard InChI is InChI=1S/C15H17F2N3O2/c1-9-7-14(20-22-9)19-15(21)5-6-18-10(2)12-4-3-11(16)8-13(12)17/h3-4,7-8,10,18H,5-6H2,1-2H3,(H,19,20,21)/t10-/m1/s1. The summed E-state index contributed by atoms with van der Waals surface area (Å²) in [5.74, 6) is -0.486. The number of hydrogen-bond acceptors (Lipinski definition) is 4. The van der Waals surface area contributed by atoms with E-state index in [9.17, 15) is 13.6 Å². The van der Waals surface area contributed by atoms with Crippen molar-refractivity contribution in [1.29, 1.82) is 0 Å². The van der Waals surface area contributed by atoms with Crippen LogP contribution in [0, 0.1) is 18.6 Å². The lowest BCUT2D eigenvalue weighted by molar-refractivity contribution is -0.116. The van der Waals surface area contributed by atoms with Crippen molar-refractivity contribution in [1.82, 2.24) is 10.5 Å². The number of halogens is 2. The van der Waals surface area contributed by atoms with Gasteiger partial charge in [0.05, 0.1) is 0 Å². The molecule has 0 spiro atoms. The van der Waals surface area contributed by atoms with E-state index in [-0.39, 0.29) is 18.4 Å². The number of aromatic nitrogens is 1. The maximum Gasteiger partial charge on any atom is 0.226 e. The molecule has 0 bridgehead atoms. The Bertz CT molecular complexity index is 658. The second kappa shape index (κ2) is 7.13. The second-order valence-electron chi connectivity index (χ2n) is 4.96. The third-order valence-electron chi connectivity index (χ3n) is 3.13. The number of carbonyl (C=O) groups is 1. The highest BCUT2D eigenvalue weighted by atomic mass is 19.1. The first-order valence-corrected chi connectivity index (χ1v) is 6.87. The van der Waals surface area contributed by atoms with Crippen LogP contribution in [0.1, 0.15) is 30.7 Å². The Morgan fingerprint density at radius 3 is 2.77 bits per heavy atom. The van der Waals surface area contributed by atoms with Crippen molar-refractivity contribution >= 4 is 11.7 Å². The van der Waals surface area contributed by atoms with Gasteiger partial charge in [0.2, 0.25) is 5.91 Å². The Hall–Kier alpha value is -2.28. The van der Waals surface area contributed by atoms with Crippen LogP contribution >= 0.6 is 0 Å². The summed E-state index contributed by atoms with van der Waals surface area (Å²) >= 11 is 0. The molecule has 118 valence electrons. The molecular weight excluding hydrogens is 292 g/mol. The quantitative estimate of drug-likeness (QED) is 0.861. The molecule has 7 heteroatoms. The number of amides is 1. The van der Waals surface area contributed by atoms with Crippen molar-refractivity contribution in [3.8, 4) is 0 Å². The van der Waals surface area contributed by atoms with Crippen LogP contribution < -0.4 is 10.6 Å². The topological polar surface area (TPSA) is 67.2 Å². The van der Waals surface area contributed by atoms with Crippen LogP contribution in [-0.4, -0.2) is 17.6 Å². The molecule has 0 fully saturated rings. The summed E-state index contributed by atoms with van der Waals surface area (Å²) < 4.78 is 31.3. The number of rotatable bonds is 6. The van der Waals surface area contributed by atoms with Crippen LogP contribution in [0.3, 0.4) is 0 Å². The molecule has 1 atom stereocenters. The molecule has 0 aliphatic rings. The Kier molecular flexibility index (Phi) is 5.21. The van der Waals surface area contributed by atoms with E-state index in [1.54, 1.807) is 19.9 Å². The van der Waals surface area contributed by atoms with Crippen molar-refractivity contribution < 1.29 is 18.1 Å². The van der Waals surface area contributed by atoms with Gasteiger partial charge in [-0.2, -0.15) is 0 Å². The minimum Gasteiger partial charge on any atom is -0.360 e. The van der Waals surface area contributed by atoms with Crippen molar-refractivity contribution in [3.63, 3.8) is 0 Å². The van der Waals surface area contributed by atoms with Gasteiger partial charge in [0.25, 0.3) is 0 Å². The molecule has 0 unspecified atom stereocenters. The molecule has 1 heterocycles. The maximum absolute atomic E-state index is 13.6. The van der Waals surface area contributed by atoms with Gasteiger partial charge in [-0.3, -0.25) is 4.79 Å². The zero-order valence-corrected chi connectivity index (χ0v) is 12.3. The fourth-order valence-corrected chi connectivity index (χ4v) is 2.00. The molecule has 0 saturated heterocycles. The monoisotopic (exact) mass is 309 g/mol. The highest BCUT2D eigenvalue weighted by Gasteiger charge is 2.12. The summed E-state index contributed by atoms with van der Waals surface area (Å²) in [6, 6.07) is 4.72. The molecule has 5 nitrogen and oxygen atoms in total. The van der Waals surface area contributed by atoms with Crippen LogP contribution in [0.15, 0.2) is 28.8 Å². The van der Waals surface area contributed by atoms with Gasteiger partial charge in [0, 0.05) is 36.7 Å². The fraction of sp³-hybridized carbons (Fsp3) is 0.333. The lowest BCUT2D eigenvalue weighted by Gasteiger charge is -2.14.